The zero-order valence-corrected chi connectivity index (χ0v) is 13.4. The van der Waals surface area contributed by atoms with Crippen LogP contribution in [0.3, 0.4) is 0 Å². The molecule has 0 aromatic carbocycles. The molecule has 9 heteroatoms. The molecule has 2 heterocycles. The Balaban J connectivity index is 1.83. The van der Waals surface area contributed by atoms with Gasteiger partial charge in [0.2, 0.25) is 5.91 Å². The molecule has 1 unspecified atom stereocenters. The van der Waals surface area contributed by atoms with Gasteiger partial charge in [-0.3, -0.25) is 9.79 Å². The number of rotatable bonds is 3. The molecule has 1 amide bonds. The summed E-state index contributed by atoms with van der Waals surface area (Å²) in [5.74, 6) is -0.0795. The standard InChI is InChI=1S/C14H23F3N4O2/c1-18-12(19-7-11(22)20(2)9-14(15,16)17)21-5-3-13(8-21)4-6-23-10-13/h3-10H2,1-2H3,(H,18,19). The van der Waals surface area contributed by atoms with E-state index in [0.29, 0.717) is 10.9 Å². The number of nitrogens with zero attached hydrogens (tertiary/aromatic N) is 3. The first-order valence-electron chi connectivity index (χ1n) is 7.59. The number of nitrogens with one attached hydrogen (secondary N) is 1. The van der Waals surface area contributed by atoms with Crippen molar-refractivity contribution in [1.82, 2.24) is 15.1 Å². The Hall–Kier alpha value is -1.51. The number of carbonyl (C=O) groups is 1. The predicted molar refractivity (Wildman–Crippen MR) is 79.1 cm³/mol. The Kier molecular flexibility index (Phi) is 5.38. The van der Waals surface area contributed by atoms with E-state index in [0.717, 1.165) is 46.2 Å². The first-order chi connectivity index (χ1) is 10.7. The number of alkyl halides is 3. The summed E-state index contributed by atoms with van der Waals surface area (Å²) in [7, 11) is 2.74. The van der Waals surface area contributed by atoms with Gasteiger partial charge in [-0.1, -0.05) is 0 Å². The highest BCUT2D eigenvalue weighted by Gasteiger charge is 2.42. The molecule has 132 valence electrons. The van der Waals surface area contributed by atoms with Crippen LogP contribution in [0.5, 0.6) is 0 Å². The summed E-state index contributed by atoms with van der Waals surface area (Å²) in [5, 5.41) is 2.86. The van der Waals surface area contributed by atoms with Gasteiger partial charge in [-0.15, -0.1) is 0 Å². The summed E-state index contributed by atoms with van der Waals surface area (Å²) < 4.78 is 42.3. The largest absolute Gasteiger partial charge is 0.406 e. The monoisotopic (exact) mass is 336 g/mol. The molecule has 2 aliphatic heterocycles. The highest BCUT2D eigenvalue weighted by molar-refractivity contribution is 5.86. The summed E-state index contributed by atoms with van der Waals surface area (Å²) >= 11 is 0. The minimum Gasteiger partial charge on any atom is -0.381 e. The van der Waals surface area contributed by atoms with Gasteiger partial charge in [0.05, 0.1) is 13.2 Å². The van der Waals surface area contributed by atoms with E-state index >= 15 is 0 Å². The molecule has 2 fully saturated rings. The normalized spacial score (nSPS) is 25.3. The fourth-order valence-electron chi connectivity index (χ4n) is 3.07. The highest BCUT2D eigenvalue weighted by Crippen LogP contribution is 2.38. The second-order valence-corrected chi connectivity index (χ2v) is 6.24. The maximum Gasteiger partial charge on any atom is 0.406 e. The van der Waals surface area contributed by atoms with Crippen molar-refractivity contribution in [1.29, 1.82) is 0 Å². The lowest BCUT2D eigenvalue weighted by atomic mass is 9.87. The Morgan fingerprint density at radius 2 is 2.17 bits per heavy atom. The number of likely N-dealkylation sites (tertiary alicyclic amines) is 1. The molecule has 1 spiro atoms. The highest BCUT2D eigenvalue weighted by atomic mass is 19.4. The Morgan fingerprint density at radius 3 is 2.74 bits per heavy atom. The van der Waals surface area contributed by atoms with Crippen LogP contribution in [0.25, 0.3) is 0 Å². The molecule has 0 aliphatic carbocycles. The van der Waals surface area contributed by atoms with Crippen molar-refractivity contribution in [3.8, 4) is 0 Å². The second kappa shape index (κ2) is 6.94. The summed E-state index contributed by atoms with van der Waals surface area (Å²) in [6.45, 7) is 1.62. The zero-order chi connectivity index (χ0) is 17.1. The van der Waals surface area contributed by atoms with Crippen LogP contribution in [0.15, 0.2) is 4.99 Å². The van der Waals surface area contributed by atoms with Gasteiger partial charge in [-0.25, -0.2) is 0 Å². The minimum atomic E-state index is -4.39. The summed E-state index contributed by atoms with van der Waals surface area (Å²) in [5.41, 5.74) is 0.148. The summed E-state index contributed by atoms with van der Waals surface area (Å²) in [6.07, 6.45) is -2.39. The fourth-order valence-corrected chi connectivity index (χ4v) is 3.07. The molecular weight excluding hydrogens is 313 g/mol. The Labute approximate surface area is 133 Å². The van der Waals surface area contributed by atoms with E-state index in [1.165, 1.54) is 0 Å². The lowest BCUT2D eigenvalue weighted by Crippen LogP contribution is -2.47. The fraction of sp³-hybridized carbons (Fsp3) is 0.857. The third-order valence-electron chi connectivity index (χ3n) is 4.37. The molecule has 1 N–H and O–H groups in total. The second-order valence-electron chi connectivity index (χ2n) is 6.24. The number of amides is 1. The molecule has 2 aliphatic rings. The first kappa shape index (κ1) is 17.8. The van der Waals surface area contributed by atoms with Crippen LogP contribution < -0.4 is 5.32 Å². The van der Waals surface area contributed by atoms with Gasteiger partial charge < -0.3 is 19.9 Å². The van der Waals surface area contributed by atoms with Crippen LogP contribution in [0.1, 0.15) is 12.8 Å². The molecule has 0 bridgehead atoms. The van der Waals surface area contributed by atoms with Gasteiger partial charge in [0.1, 0.15) is 6.54 Å². The molecule has 0 aromatic rings. The van der Waals surface area contributed by atoms with Crippen molar-refractivity contribution < 1.29 is 22.7 Å². The molecule has 6 nitrogen and oxygen atoms in total. The summed E-state index contributed by atoms with van der Waals surface area (Å²) in [4.78, 5) is 18.6. The van der Waals surface area contributed by atoms with Crippen LogP contribution in [0.4, 0.5) is 13.2 Å². The average Bonchev–Trinajstić information content (AvgIpc) is 3.08. The molecule has 0 saturated carbocycles. The van der Waals surface area contributed by atoms with Gasteiger partial charge in [-0.2, -0.15) is 13.2 Å². The third-order valence-corrected chi connectivity index (χ3v) is 4.37. The van der Waals surface area contributed by atoms with E-state index in [-0.39, 0.29) is 12.0 Å². The van der Waals surface area contributed by atoms with Gasteiger partial charge in [0.15, 0.2) is 5.96 Å². The Bertz CT molecular complexity index is 461. The number of hydrogen-bond donors (Lipinski definition) is 1. The van der Waals surface area contributed by atoms with Crippen molar-refractivity contribution in [2.75, 3.05) is 53.5 Å². The molecule has 23 heavy (non-hydrogen) atoms. The van der Waals surface area contributed by atoms with Crippen LogP contribution in [-0.2, 0) is 9.53 Å². The quantitative estimate of drug-likeness (QED) is 0.609. The van der Waals surface area contributed by atoms with Crippen molar-refractivity contribution in [3.63, 3.8) is 0 Å². The van der Waals surface area contributed by atoms with Crippen LogP contribution in [-0.4, -0.2) is 81.3 Å². The van der Waals surface area contributed by atoms with E-state index in [1.807, 2.05) is 4.90 Å². The number of aliphatic imine (C=N–C) groups is 1. The smallest absolute Gasteiger partial charge is 0.381 e. The number of guanidine groups is 1. The van der Waals surface area contributed by atoms with Crippen molar-refractivity contribution in [2.24, 2.45) is 10.4 Å². The number of halogens is 3. The summed E-state index contributed by atoms with van der Waals surface area (Å²) in [6, 6.07) is 0. The van der Waals surface area contributed by atoms with Crippen molar-refractivity contribution in [2.45, 2.75) is 19.0 Å². The Morgan fingerprint density at radius 1 is 1.43 bits per heavy atom. The van der Waals surface area contributed by atoms with E-state index in [2.05, 4.69) is 10.3 Å². The van der Waals surface area contributed by atoms with Gasteiger partial charge in [0, 0.05) is 39.2 Å². The van der Waals surface area contributed by atoms with E-state index in [9.17, 15) is 18.0 Å². The zero-order valence-electron chi connectivity index (χ0n) is 13.4. The number of ether oxygens (including phenoxy) is 1. The van der Waals surface area contributed by atoms with E-state index in [4.69, 9.17) is 4.74 Å². The maximum absolute atomic E-state index is 12.3. The number of hydrogen-bond acceptors (Lipinski definition) is 3. The molecule has 0 radical (unpaired) electrons. The predicted octanol–water partition coefficient (Wildman–Crippen LogP) is 0.695. The molecule has 2 rings (SSSR count). The molecule has 0 aromatic heterocycles. The van der Waals surface area contributed by atoms with Crippen LogP contribution in [0.2, 0.25) is 0 Å². The third kappa shape index (κ3) is 4.73. The minimum absolute atomic E-state index is 0.148. The number of likely N-dealkylation sites (N-methyl/N-ethyl adjacent to an activating group) is 1. The first-order valence-corrected chi connectivity index (χ1v) is 7.59. The van der Waals surface area contributed by atoms with E-state index in [1.54, 1.807) is 7.05 Å². The topological polar surface area (TPSA) is 57.2 Å². The lowest BCUT2D eigenvalue weighted by molar-refractivity contribution is -0.157. The number of carbonyl (C=O) groups excluding carboxylic acids is 1. The van der Waals surface area contributed by atoms with Crippen LogP contribution in [0, 0.1) is 5.41 Å². The van der Waals surface area contributed by atoms with Gasteiger partial charge >= 0.3 is 6.18 Å². The van der Waals surface area contributed by atoms with Gasteiger partial charge in [-0.05, 0) is 12.8 Å². The molecular formula is C14H23F3N4O2. The lowest BCUT2D eigenvalue weighted by Gasteiger charge is -2.25. The SMILES string of the molecule is CN=C(NCC(=O)N(C)CC(F)(F)F)N1CCC2(CCOC2)C1. The maximum atomic E-state index is 12.3. The van der Waals surface area contributed by atoms with Crippen LogP contribution >= 0.6 is 0 Å². The van der Waals surface area contributed by atoms with E-state index < -0.39 is 18.6 Å². The molecule has 2 saturated heterocycles. The molecule has 1 atom stereocenters. The van der Waals surface area contributed by atoms with Gasteiger partial charge in [0.25, 0.3) is 0 Å². The van der Waals surface area contributed by atoms with Crippen molar-refractivity contribution >= 4 is 11.9 Å². The average molecular weight is 336 g/mol. The van der Waals surface area contributed by atoms with Crippen molar-refractivity contribution in [3.05, 3.63) is 0 Å².